The van der Waals surface area contributed by atoms with E-state index in [2.05, 4.69) is 47.4 Å². The van der Waals surface area contributed by atoms with Gasteiger partial charge in [0, 0.05) is 11.3 Å². The molecule has 1 amide bonds. The fraction of sp³-hybridized carbons (Fsp3) is 0.250. The molecule has 140 valence electrons. The van der Waals surface area contributed by atoms with Gasteiger partial charge in [-0.05, 0) is 56.9 Å². The summed E-state index contributed by atoms with van der Waals surface area (Å²) in [7, 11) is 0. The van der Waals surface area contributed by atoms with E-state index in [0.29, 0.717) is 17.2 Å². The maximum Gasteiger partial charge on any atom is 0.276 e. The molecule has 4 rings (SSSR count). The first-order valence-electron chi connectivity index (χ1n) is 8.74. The number of nitrogen functional groups attached to an aromatic ring is 1. The van der Waals surface area contributed by atoms with Crippen molar-refractivity contribution in [3.8, 4) is 5.69 Å². The summed E-state index contributed by atoms with van der Waals surface area (Å²) in [5, 5.41) is 7.54. The van der Waals surface area contributed by atoms with Crippen LogP contribution in [0.2, 0.25) is 0 Å². The number of fused-ring (bicyclic) bond motifs is 1. The molecule has 3 N–H and O–H groups in total. The highest BCUT2D eigenvalue weighted by atomic mass is 35.5. The van der Waals surface area contributed by atoms with E-state index in [9.17, 15) is 4.79 Å². The van der Waals surface area contributed by atoms with Gasteiger partial charge in [0.2, 0.25) is 0 Å². The molecular formula is C20H22ClN5O. The van der Waals surface area contributed by atoms with Crippen molar-refractivity contribution in [3.05, 3.63) is 64.6 Å². The summed E-state index contributed by atoms with van der Waals surface area (Å²) in [5.41, 5.74) is 12.3. The van der Waals surface area contributed by atoms with Gasteiger partial charge in [-0.15, -0.1) is 12.4 Å². The summed E-state index contributed by atoms with van der Waals surface area (Å²) in [6.07, 6.45) is 4.41. The first-order chi connectivity index (χ1) is 12.5. The monoisotopic (exact) mass is 383 g/mol. The molecule has 0 radical (unpaired) electrons. The highest BCUT2D eigenvalue weighted by Crippen LogP contribution is 2.29. The average Bonchev–Trinajstić information content (AvgIpc) is 3.20. The van der Waals surface area contributed by atoms with Gasteiger partial charge in [-0.2, -0.15) is 5.10 Å². The van der Waals surface area contributed by atoms with Crippen molar-refractivity contribution in [3.63, 3.8) is 0 Å². The minimum atomic E-state index is -0.210. The van der Waals surface area contributed by atoms with E-state index in [-0.39, 0.29) is 18.3 Å². The summed E-state index contributed by atoms with van der Waals surface area (Å²) >= 11 is 0. The van der Waals surface area contributed by atoms with Gasteiger partial charge in [-0.25, -0.2) is 9.67 Å². The Labute approximate surface area is 164 Å². The smallest absolute Gasteiger partial charge is 0.276 e. The number of nitrogens with two attached hydrogens (primary N) is 1. The van der Waals surface area contributed by atoms with Gasteiger partial charge < -0.3 is 11.1 Å². The van der Waals surface area contributed by atoms with Crippen molar-refractivity contribution >= 4 is 29.8 Å². The number of benzene rings is 1. The van der Waals surface area contributed by atoms with Crippen LogP contribution in [-0.4, -0.2) is 20.7 Å². The molecule has 27 heavy (non-hydrogen) atoms. The molecule has 0 bridgehead atoms. The average molecular weight is 384 g/mol. The number of amides is 1. The molecule has 0 saturated carbocycles. The standard InChI is InChI=1S/C20H21N5O.ClH/c1-12-6-8-16(13(2)10-12)25-17-5-3-4-15(17)19(24-25)20(26)23-14-7-9-18(21)22-11-14;/h6-11H,3-5H2,1-2H3,(H2,21,22)(H,23,26);1H. The van der Waals surface area contributed by atoms with Gasteiger partial charge in [0.25, 0.3) is 5.91 Å². The Morgan fingerprint density at radius 1 is 1.19 bits per heavy atom. The molecule has 0 unspecified atom stereocenters. The van der Waals surface area contributed by atoms with E-state index < -0.39 is 0 Å². The zero-order chi connectivity index (χ0) is 18.3. The normalized spacial score (nSPS) is 12.4. The second kappa shape index (κ2) is 7.40. The van der Waals surface area contributed by atoms with Gasteiger partial charge in [0.05, 0.1) is 17.6 Å². The molecule has 2 aromatic heterocycles. The molecular weight excluding hydrogens is 362 g/mol. The number of hydrogen-bond acceptors (Lipinski definition) is 4. The number of carbonyl (C=O) groups is 1. The first kappa shape index (κ1) is 18.9. The second-order valence-corrected chi connectivity index (χ2v) is 6.76. The van der Waals surface area contributed by atoms with Crippen LogP contribution >= 0.6 is 12.4 Å². The van der Waals surface area contributed by atoms with E-state index in [1.165, 1.54) is 5.56 Å². The van der Waals surface area contributed by atoms with Crippen molar-refractivity contribution in [1.82, 2.24) is 14.8 Å². The predicted octanol–water partition coefficient (Wildman–Crippen LogP) is 3.63. The molecule has 7 heteroatoms. The topological polar surface area (TPSA) is 85.8 Å². The molecule has 1 aliphatic carbocycles. The summed E-state index contributed by atoms with van der Waals surface area (Å²) in [6.45, 7) is 4.15. The van der Waals surface area contributed by atoms with Crippen molar-refractivity contribution in [1.29, 1.82) is 0 Å². The molecule has 0 spiro atoms. The lowest BCUT2D eigenvalue weighted by atomic mass is 10.1. The highest BCUT2D eigenvalue weighted by molar-refractivity contribution is 6.04. The number of nitrogens with zero attached hydrogens (tertiary/aromatic N) is 3. The van der Waals surface area contributed by atoms with E-state index >= 15 is 0 Å². The molecule has 0 aliphatic heterocycles. The Bertz CT molecular complexity index is 994. The third-order valence-corrected chi connectivity index (χ3v) is 4.77. The first-order valence-corrected chi connectivity index (χ1v) is 8.74. The Kier molecular flexibility index (Phi) is 5.19. The second-order valence-electron chi connectivity index (χ2n) is 6.76. The summed E-state index contributed by atoms with van der Waals surface area (Å²) in [5.74, 6) is 0.209. The number of nitrogens with one attached hydrogen (secondary N) is 1. The molecule has 0 saturated heterocycles. The predicted molar refractivity (Wildman–Crippen MR) is 109 cm³/mol. The zero-order valence-electron chi connectivity index (χ0n) is 15.3. The van der Waals surface area contributed by atoms with E-state index in [4.69, 9.17) is 5.73 Å². The maximum absolute atomic E-state index is 12.8. The Balaban J connectivity index is 0.00000210. The molecule has 0 fully saturated rings. The minimum absolute atomic E-state index is 0. The van der Waals surface area contributed by atoms with Crippen molar-refractivity contribution in [2.75, 3.05) is 11.1 Å². The highest BCUT2D eigenvalue weighted by Gasteiger charge is 2.27. The third kappa shape index (κ3) is 3.53. The van der Waals surface area contributed by atoms with E-state index in [1.54, 1.807) is 18.3 Å². The number of carbonyl (C=O) groups excluding carboxylic acids is 1. The van der Waals surface area contributed by atoms with E-state index in [1.807, 2.05) is 4.68 Å². The molecule has 6 nitrogen and oxygen atoms in total. The van der Waals surface area contributed by atoms with Crippen LogP contribution in [0.1, 0.15) is 39.3 Å². The lowest BCUT2D eigenvalue weighted by Gasteiger charge is -2.10. The molecule has 0 atom stereocenters. The van der Waals surface area contributed by atoms with Crippen LogP contribution in [0.4, 0.5) is 11.5 Å². The van der Waals surface area contributed by atoms with Gasteiger partial charge in [0.15, 0.2) is 5.69 Å². The third-order valence-electron chi connectivity index (χ3n) is 4.77. The number of aryl methyl sites for hydroxylation is 2. The van der Waals surface area contributed by atoms with Crippen LogP contribution in [0.15, 0.2) is 36.5 Å². The van der Waals surface area contributed by atoms with Crippen LogP contribution in [0, 0.1) is 13.8 Å². The molecule has 1 aromatic carbocycles. The van der Waals surface area contributed by atoms with Crippen molar-refractivity contribution < 1.29 is 4.79 Å². The van der Waals surface area contributed by atoms with Gasteiger partial charge in [-0.1, -0.05) is 17.7 Å². The molecule has 3 aromatic rings. The van der Waals surface area contributed by atoms with Crippen LogP contribution < -0.4 is 11.1 Å². The zero-order valence-corrected chi connectivity index (χ0v) is 16.1. The lowest BCUT2D eigenvalue weighted by molar-refractivity contribution is 0.102. The summed E-state index contributed by atoms with van der Waals surface area (Å²) < 4.78 is 1.94. The number of hydrogen-bond donors (Lipinski definition) is 2. The Morgan fingerprint density at radius 2 is 2.00 bits per heavy atom. The fourth-order valence-electron chi connectivity index (χ4n) is 3.53. The number of rotatable bonds is 3. The minimum Gasteiger partial charge on any atom is -0.384 e. The quantitative estimate of drug-likeness (QED) is 0.723. The molecule has 1 aliphatic rings. The lowest BCUT2D eigenvalue weighted by Crippen LogP contribution is -2.15. The van der Waals surface area contributed by atoms with E-state index in [0.717, 1.165) is 41.8 Å². The van der Waals surface area contributed by atoms with Crippen LogP contribution in [0.3, 0.4) is 0 Å². The number of aromatic nitrogens is 3. The summed E-state index contributed by atoms with van der Waals surface area (Å²) in [6, 6.07) is 9.68. The number of anilines is 2. The van der Waals surface area contributed by atoms with Gasteiger partial charge >= 0.3 is 0 Å². The number of halogens is 1. The van der Waals surface area contributed by atoms with Crippen LogP contribution in [-0.2, 0) is 12.8 Å². The van der Waals surface area contributed by atoms with Crippen molar-refractivity contribution in [2.45, 2.75) is 33.1 Å². The van der Waals surface area contributed by atoms with Gasteiger partial charge in [0.1, 0.15) is 5.82 Å². The maximum atomic E-state index is 12.8. The van der Waals surface area contributed by atoms with Crippen LogP contribution in [0.5, 0.6) is 0 Å². The SMILES string of the molecule is Cc1ccc(-n2nc(C(=O)Nc3ccc(N)nc3)c3c2CCC3)c(C)c1.Cl. The van der Waals surface area contributed by atoms with Crippen molar-refractivity contribution in [2.24, 2.45) is 0 Å². The van der Waals surface area contributed by atoms with Crippen LogP contribution in [0.25, 0.3) is 5.69 Å². The fourth-order valence-corrected chi connectivity index (χ4v) is 3.53. The molecule has 2 heterocycles. The number of pyridine rings is 1. The Hall–Kier alpha value is -2.86. The largest absolute Gasteiger partial charge is 0.384 e. The Morgan fingerprint density at radius 3 is 2.70 bits per heavy atom. The summed E-state index contributed by atoms with van der Waals surface area (Å²) in [4.78, 5) is 16.8. The van der Waals surface area contributed by atoms with Gasteiger partial charge in [-0.3, -0.25) is 4.79 Å².